The van der Waals surface area contributed by atoms with Crippen molar-refractivity contribution in [1.82, 2.24) is 0 Å². The summed E-state index contributed by atoms with van der Waals surface area (Å²) in [7, 11) is 0. The number of hydrogen-bond donors (Lipinski definition) is 0. The first kappa shape index (κ1) is 12.6. The first-order chi connectivity index (χ1) is 8.97. The highest BCUT2D eigenvalue weighted by molar-refractivity contribution is 5.81. The Morgan fingerprint density at radius 2 is 0.944 bits per heavy atom. The minimum atomic E-state index is 1.27. The molecule has 0 fully saturated rings. The number of benzene rings is 2. The largest absolute Gasteiger partial charge is 0.0845 e. The van der Waals surface area contributed by atoms with Crippen molar-refractivity contribution < 1.29 is 0 Å². The first-order valence-corrected chi connectivity index (χ1v) is 6.72. The van der Waals surface area contributed by atoms with Crippen LogP contribution in [-0.4, -0.2) is 0 Å². The molecule has 0 radical (unpaired) electrons. The molecule has 0 bridgehead atoms. The third-order valence-electron chi connectivity index (χ3n) is 3.03. The van der Waals surface area contributed by atoms with Crippen molar-refractivity contribution in [2.24, 2.45) is 0 Å². The van der Waals surface area contributed by atoms with Crippen molar-refractivity contribution in [3.63, 3.8) is 0 Å². The summed E-state index contributed by atoms with van der Waals surface area (Å²) in [6.07, 6.45) is 14.0. The second kappa shape index (κ2) is 7.50. The monoisotopic (exact) mass is 236 g/mol. The second-order valence-electron chi connectivity index (χ2n) is 4.49. The second-order valence-corrected chi connectivity index (χ2v) is 4.49. The summed E-state index contributed by atoms with van der Waals surface area (Å²) in [6.45, 7) is 0. The van der Waals surface area contributed by atoms with Gasteiger partial charge in [0.2, 0.25) is 0 Å². The van der Waals surface area contributed by atoms with Crippen molar-refractivity contribution in [1.29, 1.82) is 0 Å². The number of hydrogen-bond acceptors (Lipinski definition) is 0. The van der Waals surface area contributed by atoms with Crippen molar-refractivity contribution in [3.05, 3.63) is 72.8 Å². The Balaban J connectivity index is 0.000000138. The van der Waals surface area contributed by atoms with E-state index in [1.807, 2.05) is 0 Å². The van der Waals surface area contributed by atoms with Crippen LogP contribution in [0.1, 0.15) is 25.7 Å². The minimum absolute atomic E-state index is 1.27. The van der Waals surface area contributed by atoms with Gasteiger partial charge in [-0.2, -0.15) is 0 Å². The lowest BCUT2D eigenvalue weighted by atomic mass is 10.1. The van der Waals surface area contributed by atoms with Crippen molar-refractivity contribution in [2.75, 3.05) is 0 Å². The molecule has 0 atom stereocenters. The van der Waals surface area contributed by atoms with Crippen LogP contribution in [0.25, 0.3) is 10.8 Å². The Kier molecular flexibility index (Phi) is 5.26. The summed E-state index contributed by atoms with van der Waals surface area (Å²) in [5, 5.41) is 2.62. The summed E-state index contributed by atoms with van der Waals surface area (Å²) in [4.78, 5) is 0. The smallest absolute Gasteiger partial charge is 0.0184 e. The molecular weight excluding hydrogens is 216 g/mol. The van der Waals surface area contributed by atoms with Crippen molar-refractivity contribution >= 4 is 10.8 Å². The molecular formula is C18H20. The maximum Gasteiger partial charge on any atom is -0.0184 e. The van der Waals surface area contributed by atoms with E-state index >= 15 is 0 Å². The molecule has 2 aromatic rings. The Morgan fingerprint density at radius 1 is 0.556 bits per heavy atom. The van der Waals surface area contributed by atoms with Crippen LogP contribution in [0.4, 0.5) is 0 Å². The molecule has 18 heavy (non-hydrogen) atoms. The summed E-state index contributed by atoms with van der Waals surface area (Å²) in [5.41, 5.74) is 0. The molecule has 0 N–H and O–H groups in total. The Hall–Kier alpha value is -1.82. The molecule has 0 amide bonds. The van der Waals surface area contributed by atoms with E-state index in [4.69, 9.17) is 0 Å². The van der Waals surface area contributed by atoms with Gasteiger partial charge >= 0.3 is 0 Å². The van der Waals surface area contributed by atoms with Crippen LogP contribution >= 0.6 is 0 Å². The molecule has 1 aliphatic carbocycles. The van der Waals surface area contributed by atoms with Crippen LogP contribution in [0.5, 0.6) is 0 Å². The third kappa shape index (κ3) is 4.21. The van der Waals surface area contributed by atoms with Gasteiger partial charge in [-0.1, -0.05) is 72.8 Å². The van der Waals surface area contributed by atoms with Gasteiger partial charge in [0.1, 0.15) is 0 Å². The summed E-state index contributed by atoms with van der Waals surface area (Å²) in [5.74, 6) is 0. The molecule has 0 heterocycles. The van der Waals surface area contributed by atoms with Gasteiger partial charge in [0.25, 0.3) is 0 Å². The predicted octanol–water partition coefficient (Wildman–Crippen LogP) is 5.51. The topological polar surface area (TPSA) is 0 Å². The molecule has 0 nitrogen and oxygen atoms in total. The lowest BCUT2D eigenvalue weighted by Crippen LogP contribution is -1.74. The molecule has 92 valence electrons. The first-order valence-electron chi connectivity index (χ1n) is 6.72. The average Bonchev–Trinajstić information content (AvgIpc) is 2.39. The molecule has 0 aromatic heterocycles. The number of allylic oxidation sites excluding steroid dienone is 4. The van der Waals surface area contributed by atoms with E-state index in [1.54, 1.807) is 0 Å². The highest BCUT2D eigenvalue weighted by Gasteiger charge is 1.85. The van der Waals surface area contributed by atoms with Gasteiger partial charge in [-0.3, -0.25) is 0 Å². The Morgan fingerprint density at radius 3 is 1.33 bits per heavy atom. The standard InChI is InChI=1S/C10H8.C8H12/c1-2-6-10-8-4-3-7-9(10)5-1;1-2-4-6-8-7-5-3-1/h1-8H;1-4H,5-8H2. The quantitative estimate of drug-likeness (QED) is 0.565. The van der Waals surface area contributed by atoms with E-state index in [1.165, 1.54) is 36.5 Å². The van der Waals surface area contributed by atoms with Gasteiger partial charge < -0.3 is 0 Å². The van der Waals surface area contributed by atoms with Gasteiger partial charge in [-0.05, 0) is 36.5 Å². The van der Waals surface area contributed by atoms with Crippen LogP contribution in [-0.2, 0) is 0 Å². The summed E-state index contributed by atoms with van der Waals surface area (Å²) >= 11 is 0. The Labute approximate surface area is 110 Å². The zero-order valence-electron chi connectivity index (χ0n) is 10.8. The molecule has 0 saturated heterocycles. The summed E-state index contributed by atoms with van der Waals surface area (Å²) < 4.78 is 0. The maximum atomic E-state index is 2.23. The minimum Gasteiger partial charge on any atom is -0.0845 e. The van der Waals surface area contributed by atoms with E-state index in [9.17, 15) is 0 Å². The van der Waals surface area contributed by atoms with Crippen LogP contribution in [0.15, 0.2) is 72.8 Å². The molecule has 0 saturated carbocycles. The van der Waals surface area contributed by atoms with E-state index in [0.717, 1.165) is 0 Å². The highest BCUT2D eigenvalue weighted by Crippen LogP contribution is 2.11. The molecule has 0 heteroatoms. The molecule has 0 spiro atoms. The lowest BCUT2D eigenvalue weighted by molar-refractivity contribution is 0.758. The van der Waals surface area contributed by atoms with E-state index < -0.39 is 0 Å². The SMILES string of the molecule is C1=CCCCCC=C1.c1ccc2ccccc2c1. The number of rotatable bonds is 0. The third-order valence-corrected chi connectivity index (χ3v) is 3.03. The fourth-order valence-corrected chi connectivity index (χ4v) is 2.01. The van der Waals surface area contributed by atoms with Crippen LogP contribution in [0.3, 0.4) is 0 Å². The van der Waals surface area contributed by atoms with Gasteiger partial charge in [-0.15, -0.1) is 0 Å². The molecule has 3 rings (SSSR count). The summed E-state index contributed by atoms with van der Waals surface area (Å²) in [6, 6.07) is 16.7. The van der Waals surface area contributed by atoms with Crippen molar-refractivity contribution in [3.8, 4) is 0 Å². The highest BCUT2D eigenvalue weighted by atomic mass is 13.9. The lowest BCUT2D eigenvalue weighted by Gasteiger charge is -1.94. The maximum absolute atomic E-state index is 2.23. The van der Waals surface area contributed by atoms with Crippen LogP contribution < -0.4 is 0 Å². The van der Waals surface area contributed by atoms with Gasteiger partial charge in [0.15, 0.2) is 0 Å². The van der Waals surface area contributed by atoms with E-state index in [-0.39, 0.29) is 0 Å². The van der Waals surface area contributed by atoms with E-state index in [0.29, 0.717) is 0 Å². The van der Waals surface area contributed by atoms with Crippen molar-refractivity contribution in [2.45, 2.75) is 25.7 Å². The predicted molar refractivity (Wildman–Crippen MR) is 80.7 cm³/mol. The van der Waals surface area contributed by atoms with E-state index in [2.05, 4.69) is 72.8 Å². The average molecular weight is 236 g/mol. The normalized spacial score (nSPS) is 14.4. The Bertz CT molecular complexity index is 441. The number of fused-ring (bicyclic) bond motifs is 1. The zero-order chi connectivity index (χ0) is 12.5. The molecule has 1 aliphatic rings. The fraction of sp³-hybridized carbons (Fsp3) is 0.222. The zero-order valence-corrected chi connectivity index (χ0v) is 10.8. The molecule has 2 aromatic carbocycles. The van der Waals surface area contributed by atoms with Crippen LogP contribution in [0.2, 0.25) is 0 Å². The van der Waals surface area contributed by atoms with Gasteiger partial charge in [0, 0.05) is 0 Å². The van der Waals surface area contributed by atoms with Gasteiger partial charge in [0.05, 0.1) is 0 Å². The fourth-order valence-electron chi connectivity index (χ4n) is 2.01. The molecule has 0 unspecified atom stereocenters. The van der Waals surface area contributed by atoms with Crippen LogP contribution in [0, 0.1) is 0 Å². The molecule has 0 aliphatic heterocycles. The van der Waals surface area contributed by atoms with Gasteiger partial charge in [-0.25, -0.2) is 0 Å².